The van der Waals surface area contributed by atoms with Gasteiger partial charge in [-0.2, -0.15) is 0 Å². The van der Waals surface area contributed by atoms with Crippen LogP contribution in [-0.4, -0.2) is 31.0 Å². The highest BCUT2D eigenvalue weighted by molar-refractivity contribution is 5.91. The molecule has 1 aromatic carbocycles. The van der Waals surface area contributed by atoms with Crippen LogP contribution >= 0.6 is 0 Å². The molecule has 2 heterocycles. The molecule has 1 aromatic heterocycles. The number of benzene rings is 1. The fourth-order valence-corrected chi connectivity index (χ4v) is 1.74. The van der Waals surface area contributed by atoms with Gasteiger partial charge in [0.1, 0.15) is 12.4 Å². The highest BCUT2D eigenvalue weighted by atomic mass is 16.7. The van der Waals surface area contributed by atoms with Gasteiger partial charge in [-0.1, -0.05) is 17.0 Å². The zero-order chi connectivity index (χ0) is 15.2. The van der Waals surface area contributed by atoms with E-state index in [1.165, 1.54) is 12.3 Å². The number of rotatable bonds is 4. The monoisotopic (exact) mass is 300 g/mol. The van der Waals surface area contributed by atoms with E-state index in [4.69, 9.17) is 18.7 Å². The molecule has 0 aliphatic carbocycles. The lowest BCUT2D eigenvalue weighted by atomic mass is 10.3. The average molecular weight is 300 g/mol. The molecule has 0 saturated carbocycles. The van der Waals surface area contributed by atoms with Crippen LogP contribution in [0.3, 0.4) is 0 Å². The van der Waals surface area contributed by atoms with Crippen molar-refractivity contribution in [2.24, 2.45) is 0 Å². The molecule has 7 heteroatoms. The van der Waals surface area contributed by atoms with Crippen LogP contribution < -0.4 is 19.5 Å². The molecule has 1 aliphatic heterocycles. The van der Waals surface area contributed by atoms with E-state index >= 15 is 0 Å². The minimum atomic E-state index is -0.358. The van der Waals surface area contributed by atoms with Crippen molar-refractivity contribution in [2.45, 2.75) is 0 Å². The number of hydrogen-bond acceptors (Lipinski definition) is 6. The first-order valence-electron chi connectivity index (χ1n) is 6.50. The van der Waals surface area contributed by atoms with E-state index in [1.807, 2.05) is 0 Å². The average Bonchev–Trinajstić information content (AvgIpc) is 3.20. The molecule has 7 nitrogen and oxygen atoms in total. The Balaban J connectivity index is 1.41. The summed E-state index contributed by atoms with van der Waals surface area (Å²) in [5.41, 5.74) is 0. The lowest BCUT2D eigenvalue weighted by Crippen LogP contribution is -2.23. The van der Waals surface area contributed by atoms with Crippen LogP contribution in [0.15, 0.2) is 35.0 Å². The fourth-order valence-electron chi connectivity index (χ4n) is 1.74. The summed E-state index contributed by atoms with van der Waals surface area (Å²) in [7, 11) is 0. The van der Waals surface area contributed by atoms with Gasteiger partial charge in [0.05, 0.1) is 12.7 Å². The molecule has 0 radical (unpaired) electrons. The molecule has 0 saturated heterocycles. The number of hydrogen-bond donors (Lipinski definition) is 1. The van der Waals surface area contributed by atoms with E-state index < -0.39 is 0 Å². The Morgan fingerprint density at radius 1 is 1.27 bits per heavy atom. The molecule has 112 valence electrons. The largest absolute Gasteiger partial charge is 0.481 e. The third kappa shape index (κ3) is 3.30. The number of carbonyl (C=O) groups is 1. The third-order valence-corrected chi connectivity index (χ3v) is 2.78. The Morgan fingerprint density at radius 2 is 2.18 bits per heavy atom. The summed E-state index contributed by atoms with van der Waals surface area (Å²) in [6.07, 6.45) is 1.40. The Kier molecular flexibility index (Phi) is 4.11. The van der Waals surface area contributed by atoms with E-state index in [-0.39, 0.29) is 31.6 Å². The summed E-state index contributed by atoms with van der Waals surface area (Å²) in [5.74, 6) is 7.37. The topological polar surface area (TPSA) is 82.8 Å². The van der Waals surface area contributed by atoms with Crippen molar-refractivity contribution in [2.75, 3.05) is 19.9 Å². The summed E-state index contributed by atoms with van der Waals surface area (Å²) in [4.78, 5) is 11.5. The maximum absolute atomic E-state index is 11.5. The van der Waals surface area contributed by atoms with Gasteiger partial charge in [-0.15, -0.1) is 0 Å². The van der Waals surface area contributed by atoms with Crippen molar-refractivity contribution in [3.05, 3.63) is 36.2 Å². The van der Waals surface area contributed by atoms with Gasteiger partial charge in [0.15, 0.2) is 11.5 Å². The van der Waals surface area contributed by atoms with Crippen molar-refractivity contribution in [1.82, 2.24) is 10.5 Å². The first-order valence-corrected chi connectivity index (χ1v) is 6.50. The maximum atomic E-state index is 11.5. The molecule has 22 heavy (non-hydrogen) atoms. The van der Waals surface area contributed by atoms with Gasteiger partial charge in [0.25, 0.3) is 5.91 Å². The smallest absolute Gasteiger partial charge is 0.290 e. The summed E-state index contributed by atoms with van der Waals surface area (Å²) in [6, 6.07) is 6.78. The molecule has 0 fully saturated rings. The van der Waals surface area contributed by atoms with E-state index in [2.05, 4.69) is 22.3 Å². The Bertz CT molecular complexity index is 715. The van der Waals surface area contributed by atoms with E-state index in [0.717, 1.165) is 0 Å². The molecule has 0 unspecified atom stereocenters. The van der Waals surface area contributed by atoms with Crippen LogP contribution in [0.1, 0.15) is 10.6 Å². The minimum absolute atomic E-state index is 0.151. The van der Waals surface area contributed by atoms with Gasteiger partial charge in [-0.05, 0) is 12.1 Å². The van der Waals surface area contributed by atoms with Gasteiger partial charge in [-0.3, -0.25) is 4.79 Å². The summed E-state index contributed by atoms with van der Waals surface area (Å²) >= 11 is 0. The number of fused-ring (bicyclic) bond motifs is 1. The first-order chi connectivity index (χ1) is 10.8. The van der Waals surface area contributed by atoms with Crippen molar-refractivity contribution in [3.63, 3.8) is 0 Å². The van der Waals surface area contributed by atoms with Crippen molar-refractivity contribution in [1.29, 1.82) is 0 Å². The Labute approximate surface area is 126 Å². The normalized spacial score (nSPS) is 11.5. The van der Waals surface area contributed by atoms with Gasteiger partial charge in [0.2, 0.25) is 12.6 Å². The second kappa shape index (κ2) is 6.54. The molecule has 0 spiro atoms. The zero-order valence-corrected chi connectivity index (χ0v) is 11.5. The molecule has 3 rings (SSSR count). The Hall–Kier alpha value is -3.14. The number of nitrogens with zero attached hydrogens (tertiary/aromatic N) is 1. The molecule has 1 aliphatic rings. The van der Waals surface area contributed by atoms with Crippen LogP contribution in [0, 0.1) is 11.8 Å². The van der Waals surface area contributed by atoms with Crippen molar-refractivity contribution in [3.8, 4) is 29.1 Å². The lowest BCUT2D eigenvalue weighted by molar-refractivity contribution is 0.0922. The minimum Gasteiger partial charge on any atom is -0.481 e. The molecule has 1 amide bonds. The number of ether oxygens (including phenoxy) is 3. The summed E-state index contributed by atoms with van der Waals surface area (Å²) in [5, 5.41) is 6.03. The van der Waals surface area contributed by atoms with Crippen LogP contribution in [-0.2, 0) is 0 Å². The van der Waals surface area contributed by atoms with Crippen LogP contribution in [0.4, 0.5) is 0 Å². The number of nitrogens with one attached hydrogen (secondary N) is 1. The second-order valence-electron chi connectivity index (χ2n) is 4.22. The van der Waals surface area contributed by atoms with Crippen LogP contribution in [0.25, 0.3) is 0 Å². The highest BCUT2D eigenvalue weighted by Crippen LogP contribution is 2.34. The molecule has 2 aromatic rings. The third-order valence-electron chi connectivity index (χ3n) is 2.78. The predicted octanol–water partition coefficient (Wildman–Crippen LogP) is 1.22. The van der Waals surface area contributed by atoms with Gasteiger partial charge in [-0.25, -0.2) is 0 Å². The summed E-state index contributed by atoms with van der Waals surface area (Å²) in [6.45, 7) is 0.630. The molecule has 0 bridgehead atoms. The molecular weight excluding hydrogens is 288 g/mol. The highest BCUT2D eigenvalue weighted by Gasteiger charge is 2.13. The summed E-state index contributed by atoms with van der Waals surface area (Å²) < 4.78 is 20.6. The van der Waals surface area contributed by atoms with Crippen LogP contribution in [0.2, 0.25) is 0 Å². The fraction of sp³-hybridized carbons (Fsp3) is 0.200. The van der Waals surface area contributed by atoms with Gasteiger partial charge < -0.3 is 24.1 Å². The second-order valence-corrected chi connectivity index (χ2v) is 4.22. The van der Waals surface area contributed by atoms with E-state index in [0.29, 0.717) is 17.2 Å². The van der Waals surface area contributed by atoms with Gasteiger partial charge in [0, 0.05) is 12.1 Å². The van der Waals surface area contributed by atoms with Gasteiger partial charge >= 0.3 is 0 Å². The first kappa shape index (κ1) is 13.8. The molecular formula is C15H12N2O5. The SMILES string of the molecule is O=C(NCC#CCOc1ccc2c(c1)OCO2)c1ccno1. The number of carbonyl (C=O) groups excluding carboxylic acids is 1. The predicted molar refractivity (Wildman–Crippen MR) is 74.7 cm³/mol. The quantitative estimate of drug-likeness (QED) is 0.855. The molecule has 0 atom stereocenters. The maximum Gasteiger partial charge on any atom is 0.290 e. The van der Waals surface area contributed by atoms with Crippen molar-refractivity contribution < 1.29 is 23.5 Å². The number of aromatic nitrogens is 1. The van der Waals surface area contributed by atoms with Crippen LogP contribution in [0.5, 0.6) is 17.2 Å². The lowest BCUT2D eigenvalue weighted by Gasteiger charge is -2.02. The zero-order valence-electron chi connectivity index (χ0n) is 11.5. The van der Waals surface area contributed by atoms with Crippen molar-refractivity contribution >= 4 is 5.91 Å². The number of amides is 1. The standard InChI is InChI=1S/C15H12N2O5/c18-15(13-5-7-17-22-13)16-6-1-2-8-19-11-3-4-12-14(9-11)21-10-20-12/h3-5,7,9H,6,8,10H2,(H,16,18). The van der Waals surface area contributed by atoms with E-state index in [9.17, 15) is 4.79 Å². The Morgan fingerprint density at radius 3 is 3.05 bits per heavy atom. The molecule has 1 N–H and O–H groups in total. The van der Waals surface area contributed by atoms with E-state index in [1.54, 1.807) is 18.2 Å².